The molecule has 0 amide bonds. The van der Waals surface area contributed by atoms with Crippen LogP contribution in [0.1, 0.15) is 26.2 Å². The summed E-state index contributed by atoms with van der Waals surface area (Å²) in [5.41, 5.74) is 5.62. The number of sulfone groups is 1. The highest BCUT2D eigenvalue weighted by atomic mass is 79.9. The van der Waals surface area contributed by atoms with Crippen LogP contribution in [0.5, 0.6) is 0 Å². The van der Waals surface area contributed by atoms with Crippen molar-refractivity contribution in [2.45, 2.75) is 37.1 Å². The maximum absolute atomic E-state index is 11.9. The Bertz CT molecular complexity index is 440. The van der Waals surface area contributed by atoms with Gasteiger partial charge in [-0.1, -0.05) is 22.4 Å². The largest absolute Gasteiger partial charge is 0.328 e. The fourth-order valence-electron chi connectivity index (χ4n) is 1.52. The predicted molar refractivity (Wildman–Crippen MR) is 73.7 cm³/mol. The van der Waals surface area contributed by atoms with Crippen molar-refractivity contribution in [3.8, 4) is 0 Å². The lowest BCUT2D eigenvalue weighted by Gasteiger charge is -2.06. The first kappa shape index (κ1) is 14.7. The van der Waals surface area contributed by atoms with E-state index >= 15 is 0 Å². The van der Waals surface area contributed by atoms with E-state index in [4.69, 9.17) is 5.73 Å². The number of benzene rings is 1. The van der Waals surface area contributed by atoms with Gasteiger partial charge in [-0.25, -0.2) is 8.42 Å². The number of hydrogen-bond acceptors (Lipinski definition) is 3. The van der Waals surface area contributed by atoms with E-state index in [1.807, 2.05) is 6.92 Å². The molecule has 0 bridgehead atoms. The Morgan fingerprint density at radius 3 is 2.35 bits per heavy atom. The van der Waals surface area contributed by atoms with Crippen LogP contribution in [0.4, 0.5) is 0 Å². The van der Waals surface area contributed by atoms with Crippen molar-refractivity contribution in [1.82, 2.24) is 0 Å². The van der Waals surface area contributed by atoms with E-state index in [2.05, 4.69) is 15.9 Å². The van der Waals surface area contributed by atoms with Gasteiger partial charge in [-0.3, -0.25) is 0 Å². The monoisotopic (exact) mass is 319 g/mol. The van der Waals surface area contributed by atoms with Gasteiger partial charge < -0.3 is 5.73 Å². The van der Waals surface area contributed by atoms with Crippen molar-refractivity contribution >= 4 is 25.8 Å². The summed E-state index contributed by atoms with van der Waals surface area (Å²) < 4.78 is 24.8. The summed E-state index contributed by atoms with van der Waals surface area (Å²) in [5.74, 6) is 0.196. The Morgan fingerprint density at radius 1 is 1.24 bits per heavy atom. The molecule has 0 heterocycles. The second-order valence-corrected chi connectivity index (χ2v) is 7.27. The maximum atomic E-state index is 11.9. The minimum Gasteiger partial charge on any atom is -0.328 e. The number of unbranched alkanes of at least 4 members (excludes halogenated alkanes) is 1. The molecule has 1 aromatic carbocycles. The molecule has 17 heavy (non-hydrogen) atoms. The molecule has 0 saturated carbocycles. The van der Waals surface area contributed by atoms with E-state index < -0.39 is 9.84 Å². The highest BCUT2D eigenvalue weighted by molar-refractivity contribution is 9.10. The zero-order valence-corrected chi connectivity index (χ0v) is 12.3. The lowest BCUT2D eigenvalue weighted by molar-refractivity contribution is 0.580. The molecule has 0 radical (unpaired) electrons. The summed E-state index contributed by atoms with van der Waals surface area (Å²) in [4.78, 5) is 0.390. The zero-order chi connectivity index (χ0) is 12.9. The quantitative estimate of drug-likeness (QED) is 0.820. The molecule has 1 unspecified atom stereocenters. The Kier molecular flexibility index (Phi) is 5.62. The number of hydrogen-bond donors (Lipinski definition) is 1. The molecular formula is C12H18BrNO2S. The summed E-state index contributed by atoms with van der Waals surface area (Å²) >= 11 is 3.28. The molecular weight excluding hydrogens is 302 g/mol. The van der Waals surface area contributed by atoms with E-state index in [0.29, 0.717) is 11.3 Å². The summed E-state index contributed by atoms with van der Waals surface area (Å²) in [6.45, 7) is 1.93. The Hall–Kier alpha value is -0.390. The Balaban J connectivity index is 2.54. The zero-order valence-electron chi connectivity index (χ0n) is 9.90. The second kappa shape index (κ2) is 6.52. The average molecular weight is 320 g/mol. The smallest absolute Gasteiger partial charge is 0.178 e. The van der Waals surface area contributed by atoms with Crippen LogP contribution >= 0.6 is 15.9 Å². The van der Waals surface area contributed by atoms with Crippen molar-refractivity contribution in [3.05, 3.63) is 28.7 Å². The van der Waals surface area contributed by atoms with E-state index in [1.165, 1.54) is 0 Å². The van der Waals surface area contributed by atoms with Crippen molar-refractivity contribution in [1.29, 1.82) is 0 Å². The molecule has 96 valence electrons. The molecule has 0 aliphatic rings. The first-order chi connectivity index (χ1) is 7.92. The van der Waals surface area contributed by atoms with Crippen molar-refractivity contribution in [2.24, 2.45) is 5.73 Å². The van der Waals surface area contributed by atoms with Gasteiger partial charge in [0.25, 0.3) is 0 Å². The fourth-order valence-corrected chi connectivity index (χ4v) is 3.15. The van der Waals surface area contributed by atoms with Gasteiger partial charge >= 0.3 is 0 Å². The van der Waals surface area contributed by atoms with Gasteiger partial charge in [-0.15, -0.1) is 0 Å². The van der Waals surface area contributed by atoms with Crippen LogP contribution in [0.15, 0.2) is 33.6 Å². The molecule has 0 aliphatic carbocycles. The first-order valence-corrected chi connectivity index (χ1v) is 8.10. The van der Waals surface area contributed by atoms with Gasteiger partial charge in [0.15, 0.2) is 9.84 Å². The summed E-state index contributed by atoms with van der Waals surface area (Å²) in [6.07, 6.45) is 2.39. The molecule has 0 aliphatic heterocycles. The molecule has 2 N–H and O–H groups in total. The van der Waals surface area contributed by atoms with Gasteiger partial charge in [0.05, 0.1) is 10.6 Å². The summed E-state index contributed by atoms with van der Waals surface area (Å²) in [5, 5.41) is 0. The molecule has 1 rings (SSSR count). The molecule has 0 fully saturated rings. The number of nitrogens with two attached hydrogens (primary N) is 1. The van der Waals surface area contributed by atoms with E-state index in [-0.39, 0.29) is 11.8 Å². The molecule has 1 atom stereocenters. The minimum atomic E-state index is -3.14. The lowest BCUT2D eigenvalue weighted by Crippen LogP contribution is -2.15. The van der Waals surface area contributed by atoms with Gasteiger partial charge in [-0.2, -0.15) is 0 Å². The molecule has 5 heteroatoms. The highest BCUT2D eigenvalue weighted by Gasteiger charge is 2.13. The minimum absolute atomic E-state index is 0.144. The standard InChI is InChI=1S/C12H18BrNO2S/c1-10(14)4-2-3-9-17(15,16)12-7-5-11(13)6-8-12/h5-8,10H,2-4,9,14H2,1H3. The number of rotatable bonds is 6. The topological polar surface area (TPSA) is 60.2 Å². The van der Waals surface area contributed by atoms with Crippen molar-refractivity contribution in [3.63, 3.8) is 0 Å². The van der Waals surface area contributed by atoms with Crippen LogP contribution in [0.25, 0.3) is 0 Å². The fraction of sp³-hybridized carbons (Fsp3) is 0.500. The molecule has 0 saturated heterocycles. The third-order valence-electron chi connectivity index (χ3n) is 2.50. The van der Waals surface area contributed by atoms with Crippen LogP contribution < -0.4 is 5.73 Å². The Labute approximate surface area is 111 Å². The number of halogens is 1. The first-order valence-electron chi connectivity index (χ1n) is 5.66. The van der Waals surface area contributed by atoms with Crippen molar-refractivity contribution in [2.75, 3.05) is 5.75 Å². The van der Waals surface area contributed by atoms with Crippen LogP contribution in [0.3, 0.4) is 0 Å². The van der Waals surface area contributed by atoms with Gasteiger partial charge in [0, 0.05) is 10.5 Å². The third-order valence-corrected chi connectivity index (χ3v) is 4.84. The summed E-state index contributed by atoms with van der Waals surface area (Å²) in [6, 6.07) is 6.89. The van der Waals surface area contributed by atoms with Crippen LogP contribution in [0, 0.1) is 0 Å². The second-order valence-electron chi connectivity index (χ2n) is 4.25. The Morgan fingerprint density at radius 2 is 1.82 bits per heavy atom. The maximum Gasteiger partial charge on any atom is 0.178 e. The van der Waals surface area contributed by atoms with E-state index in [9.17, 15) is 8.42 Å². The normalized spacial score (nSPS) is 13.6. The average Bonchev–Trinajstić information content (AvgIpc) is 2.25. The molecule has 0 spiro atoms. The van der Waals surface area contributed by atoms with Crippen LogP contribution in [0.2, 0.25) is 0 Å². The predicted octanol–water partition coefficient (Wildman–Crippen LogP) is 2.74. The molecule has 1 aromatic rings. The SMILES string of the molecule is CC(N)CCCCS(=O)(=O)c1ccc(Br)cc1. The van der Waals surface area contributed by atoms with Gasteiger partial charge in [0.1, 0.15) is 0 Å². The van der Waals surface area contributed by atoms with E-state index in [0.717, 1.165) is 17.3 Å². The molecule has 0 aromatic heterocycles. The van der Waals surface area contributed by atoms with Crippen LogP contribution in [-0.2, 0) is 9.84 Å². The van der Waals surface area contributed by atoms with E-state index in [1.54, 1.807) is 24.3 Å². The van der Waals surface area contributed by atoms with Gasteiger partial charge in [0.2, 0.25) is 0 Å². The highest BCUT2D eigenvalue weighted by Crippen LogP contribution is 2.17. The molecule has 3 nitrogen and oxygen atoms in total. The van der Waals surface area contributed by atoms with Gasteiger partial charge in [-0.05, 0) is 44.0 Å². The third kappa shape index (κ3) is 5.19. The summed E-state index contributed by atoms with van der Waals surface area (Å²) in [7, 11) is -3.14. The van der Waals surface area contributed by atoms with Crippen molar-refractivity contribution < 1.29 is 8.42 Å². The lowest BCUT2D eigenvalue weighted by atomic mass is 10.2. The van der Waals surface area contributed by atoms with Crippen LogP contribution in [-0.4, -0.2) is 20.2 Å².